The zero-order valence-corrected chi connectivity index (χ0v) is 12.8. The first kappa shape index (κ1) is 15.2. The second kappa shape index (κ2) is 6.59. The monoisotopic (exact) mass is 326 g/mol. The number of rotatable bonds is 4. The maximum Gasteiger partial charge on any atom is 0.135 e. The summed E-state index contributed by atoms with van der Waals surface area (Å²) in [6.07, 6.45) is 1.71. The lowest BCUT2D eigenvalue weighted by molar-refractivity contribution is 0.622. The van der Waals surface area contributed by atoms with E-state index >= 15 is 0 Å². The molecule has 4 nitrogen and oxygen atoms in total. The standard InChI is InChI=1S/C17H12ClFN4/c18-15-8-16(23-10-22-15)21-6-5-14-12(9-20)7-11-3-1-2-4-13(11)17(14)19/h1-4,7-8,10H,5-6H2,(H,21,22,23). The molecular weight excluding hydrogens is 315 g/mol. The predicted octanol–water partition coefficient (Wildman–Crippen LogP) is 3.95. The van der Waals surface area contributed by atoms with Crippen molar-refractivity contribution in [3.8, 4) is 6.07 Å². The number of halogens is 2. The van der Waals surface area contributed by atoms with Gasteiger partial charge >= 0.3 is 0 Å². The number of nitrogens with zero attached hydrogens (tertiary/aromatic N) is 3. The van der Waals surface area contributed by atoms with Crippen LogP contribution < -0.4 is 5.32 Å². The van der Waals surface area contributed by atoms with Crippen molar-refractivity contribution >= 4 is 28.2 Å². The maximum absolute atomic E-state index is 14.7. The first-order valence-corrected chi connectivity index (χ1v) is 7.38. The Kier molecular flexibility index (Phi) is 4.35. The number of benzene rings is 2. The third kappa shape index (κ3) is 3.22. The Morgan fingerprint density at radius 3 is 2.83 bits per heavy atom. The van der Waals surface area contributed by atoms with Crippen LogP contribution in [0.5, 0.6) is 0 Å². The minimum absolute atomic E-state index is 0.331. The number of anilines is 1. The van der Waals surface area contributed by atoms with E-state index in [9.17, 15) is 9.65 Å². The van der Waals surface area contributed by atoms with Crippen LogP contribution in [0.4, 0.5) is 10.2 Å². The molecule has 3 aromatic rings. The van der Waals surface area contributed by atoms with Crippen LogP contribution in [0.3, 0.4) is 0 Å². The average Bonchev–Trinajstić information content (AvgIpc) is 2.57. The second-order valence-electron chi connectivity index (χ2n) is 4.95. The van der Waals surface area contributed by atoms with Crippen molar-refractivity contribution in [2.75, 3.05) is 11.9 Å². The zero-order chi connectivity index (χ0) is 16.2. The number of fused-ring (bicyclic) bond motifs is 1. The molecule has 0 atom stereocenters. The van der Waals surface area contributed by atoms with Crippen LogP contribution in [-0.4, -0.2) is 16.5 Å². The molecular formula is C17H12ClFN4. The van der Waals surface area contributed by atoms with E-state index in [-0.39, 0.29) is 5.82 Å². The van der Waals surface area contributed by atoms with Crippen molar-refractivity contribution < 1.29 is 4.39 Å². The Morgan fingerprint density at radius 2 is 2.04 bits per heavy atom. The van der Waals surface area contributed by atoms with Gasteiger partial charge in [0.1, 0.15) is 23.1 Å². The molecule has 0 bridgehead atoms. The first-order valence-electron chi connectivity index (χ1n) is 7.00. The van der Waals surface area contributed by atoms with Gasteiger partial charge < -0.3 is 5.32 Å². The topological polar surface area (TPSA) is 61.6 Å². The van der Waals surface area contributed by atoms with E-state index < -0.39 is 0 Å². The molecule has 0 aliphatic rings. The fourth-order valence-electron chi connectivity index (χ4n) is 2.44. The smallest absolute Gasteiger partial charge is 0.135 e. The minimum Gasteiger partial charge on any atom is -0.370 e. The van der Waals surface area contributed by atoms with Crippen LogP contribution in [-0.2, 0) is 6.42 Å². The third-order valence-electron chi connectivity index (χ3n) is 3.52. The average molecular weight is 327 g/mol. The van der Waals surface area contributed by atoms with Crippen molar-refractivity contribution in [2.45, 2.75) is 6.42 Å². The third-order valence-corrected chi connectivity index (χ3v) is 3.73. The summed E-state index contributed by atoms with van der Waals surface area (Å²) in [6, 6.07) is 12.5. The van der Waals surface area contributed by atoms with E-state index in [0.717, 1.165) is 5.39 Å². The fourth-order valence-corrected chi connectivity index (χ4v) is 2.58. The van der Waals surface area contributed by atoms with Crippen molar-refractivity contribution in [1.82, 2.24) is 9.97 Å². The van der Waals surface area contributed by atoms with Gasteiger partial charge in [0.05, 0.1) is 11.6 Å². The number of nitrogens with one attached hydrogen (secondary N) is 1. The normalized spacial score (nSPS) is 10.5. The molecule has 0 aliphatic heterocycles. The molecule has 6 heteroatoms. The molecule has 0 saturated heterocycles. The van der Waals surface area contributed by atoms with Crippen molar-refractivity contribution in [3.63, 3.8) is 0 Å². The molecule has 2 aromatic carbocycles. The highest BCUT2D eigenvalue weighted by Gasteiger charge is 2.13. The summed E-state index contributed by atoms with van der Waals surface area (Å²) in [6.45, 7) is 0.428. The minimum atomic E-state index is -0.345. The van der Waals surface area contributed by atoms with Gasteiger partial charge in [-0.1, -0.05) is 35.9 Å². The maximum atomic E-state index is 14.7. The lowest BCUT2D eigenvalue weighted by Gasteiger charge is -2.10. The molecule has 0 unspecified atom stereocenters. The molecule has 114 valence electrons. The fraction of sp³-hybridized carbons (Fsp3) is 0.118. The van der Waals surface area contributed by atoms with Crippen molar-refractivity contribution in [1.29, 1.82) is 5.26 Å². The summed E-state index contributed by atoms with van der Waals surface area (Å²) in [5.41, 5.74) is 0.752. The summed E-state index contributed by atoms with van der Waals surface area (Å²) in [5.74, 6) is 0.215. The summed E-state index contributed by atoms with van der Waals surface area (Å²) >= 11 is 5.78. The Bertz CT molecular complexity index is 905. The van der Waals surface area contributed by atoms with Crippen molar-refractivity contribution in [3.05, 3.63) is 64.8 Å². The Balaban J connectivity index is 1.85. The molecule has 1 N–H and O–H groups in total. The van der Waals surface area contributed by atoms with E-state index in [4.69, 9.17) is 11.6 Å². The van der Waals surface area contributed by atoms with Gasteiger partial charge in [0.15, 0.2) is 0 Å². The van der Waals surface area contributed by atoms with Gasteiger partial charge in [0.25, 0.3) is 0 Å². The number of hydrogen-bond acceptors (Lipinski definition) is 4. The number of aromatic nitrogens is 2. The lowest BCUT2D eigenvalue weighted by Crippen LogP contribution is -2.09. The largest absolute Gasteiger partial charge is 0.370 e. The molecule has 0 aliphatic carbocycles. The molecule has 0 fully saturated rings. The van der Waals surface area contributed by atoms with Gasteiger partial charge in [0.2, 0.25) is 0 Å². The van der Waals surface area contributed by atoms with Crippen LogP contribution in [0.2, 0.25) is 5.15 Å². The van der Waals surface area contributed by atoms with Crippen LogP contribution in [0.25, 0.3) is 10.8 Å². The molecule has 23 heavy (non-hydrogen) atoms. The molecule has 0 saturated carbocycles. The zero-order valence-electron chi connectivity index (χ0n) is 12.1. The summed E-state index contributed by atoms with van der Waals surface area (Å²) in [7, 11) is 0. The number of hydrogen-bond donors (Lipinski definition) is 1. The first-order chi connectivity index (χ1) is 11.2. The quantitative estimate of drug-likeness (QED) is 0.737. The highest BCUT2D eigenvalue weighted by molar-refractivity contribution is 6.29. The van der Waals surface area contributed by atoms with Gasteiger partial charge in [-0.05, 0) is 17.9 Å². The summed E-state index contributed by atoms with van der Waals surface area (Å²) in [5, 5.41) is 13.9. The molecule has 1 aromatic heterocycles. The second-order valence-corrected chi connectivity index (χ2v) is 5.34. The van der Waals surface area contributed by atoms with E-state index in [1.165, 1.54) is 6.33 Å². The Hall–Kier alpha value is -2.71. The Morgan fingerprint density at radius 1 is 1.22 bits per heavy atom. The van der Waals surface area contributed by atoms with Crippen LogP contribution in [0, 0.1) is 17.1 Å². The molecule has 3 rings (SSSR count). The van der Waals surface area contributed by atoms with E-state index in [1.807, 2.05) is 6.07 Å². The van der Waals surface area contributed by atoms with Gasteiger partial charge in [0, 0.05) is 23.6 Å². The molecule has 0 amide bonds. The van der Waals surface area contributed by atoms with Crippen LogP contribution in [0.15, 0.2) is 42.7 Å². The van der Waals surface area contributed by atoms with Crippen molar-refractivity contribution in [2.24, 2.45) is 0 Å². The van der Waals surface area contributed by atoms with Gasteiger partial charge in [-0.3, -0.25) is 0 Å². The summed E-state index contributed by atoms with van der Waals surface area (Å²) in [4.78, 5) is 7.81. The van der Waals surface area contributed by atoms with Gasteiger partial charge in [-0.25, -0.2) is 14.4 Å². The molecule has 1 heterocycles. The predicted molar refractivity (Wildman–Crippen MR) is 87.9 cm³/mol. The van der Waals surface area contributed by atoms with Gasteiger partial charge in [-0.2, -0.15) is 5.26 Å². The summed E-state index contributed by atoms with van der Waals surface area (Å²) < 4.78 is 14.7. The highest BCUT2D eigenvalue weighted by atomic mass is 35.5. The lowest BCUT2D eigenvalue weighted by atomic mass is 9.98. The van der Waals surface area contributed by atoms with Crippen LogP contribution >= 0.6 is 11.6 Å². The van der Waals surface area contributed by atoms with Gasteiger partial charge in [-0.15, -0.1) is 0 Å². The SMILES string of the molecule is N#Cc1cc2ccccc2c(F)c1CCNc1cc(Cl)ncn1. The van der Waals surface area contributed by atoms with E-state index in [2.05, 4.69) is 21.4 Å². The van der Waals surface area contributed by atoms with Crippen LogP contribution in [0.1, 0.15) is 11.1 Å². The molecule has 0 spiro atoms. The van der Waals surface area contributed by atoms with E-state index in [0.29, 0.717) is 40.4 Å². The Labute approximate surface area is 137 Å². The molecule has 0 radical (unpaired) electrons. The highest BCUT2D eigenvalue weighted by Crippen LogP contribution is 2.25. The number of nitriles is 1. The van der Waals surface area contributed by atoms with E-state index in [1.54, 1.807) is 30.3 Å².